The summed E-state index contributed by atoms with van der Waals surface area (Å²) >= 11 is 1.90. The van der Waals surface area contributed by atoms with Crippen LogP contribution >= 0.6 is 11.3 Å². The van der Waals surface area contributed by atoms with Crippen LogP contribution in [-0.2, 0) is 21.6 Å². The molecule has 2 aliphatic rings. The van der Waals surface area contributed by atoms with Gasteiger partial charge in [0.1, 0.15) is 0 Å². The van der Waals surface area contributed by atoms with Crippen LogP contribution in [0, 0.1) is 0 Å². The van der Waals surface area contributed by atoms with E-state index in [2.05, 4.69) is 36.4 Å². The van der Waals surface area contributed by atoms with Crippen molar-refractivity contribution in [3.05, 3.63) is 46.8 Å². The molecule has 4 rings (SSSR count). The van der Waals surface area contributed by atoms with E-state index in [1.165, 1.54) is 20.9 Å². The number of benzene rings is 1. The normalized spacial score (nSPS) is 19.6. The molecule has 1 spiro atoms. The van der Waals surface area contributed by atoms with Crippen molar-refractivity contribution in [2.75, 3.05) is 19.7 Å². The van der Waals surface area contributed by atoms with Crippen LogP contribution in [0.15, 0.2) is 36.4 Å². The lowest BCUT2D eigenvalue weighted by atomic mass is 9.82. The number of nitrogens with zero attached hydrogens (tertiary/aromatic N) is 1. The third-order valence-electron chi connectivity index (χ3n) is 5.08. The van der Waals surface area contributed by atoms with Gasteiger partial charge in [0.25, 0.3) is 0 Å². The van der Waals surface area contributed by atoms with Gasteiger partial charge in [0.15, 0.2) is 0 Å². The number of hydrogen-bond acceptors (Lipinski definition) is 3. The molecule has 0 atom stereocenters. The van der Waals surface area contributed by atoms with Crippen molar-refractivity contribution in [3.63, 3.8) is 0 Å². The van der Waals surface area contributed by atoms with Crippen LogP contribution in [0.4, 0.5) is 0 Å². The molecule has 0 aliphatic carbocycles. The van der Waals surface area contributed by atoms with Crippen LogP contribution in [-0.4, -0.2) is 30.5 Å². The topological polar surface area (TPSA) is 29.5 Å². The third kappa shape index (κ3) is 2.60. The molecule has 0 unspecified atom stereocenters. The summed E-state index contributed by atoms with van der Waals surface area (Å²) in [5.41, 5.74) is 2.47. The summed E-state index contributed by atoms with van der Waals surface area (Å²) < 4.78 is 6.28. The largest absolute Gasteiger partial charge is 0.370 e. The van der Waals surface area contributed by atoms with Crippen molar-refractivity contribution in [3.8, 4) is 10.4 Å². The maximum Gasteiger partial charge on any atom is 0.219 e. The molecular formula is C19H21NO2S. The molecular weight excluding hydrogens is 306 g/mol. The Morgan fingerprint density at radius 3 is 2.65 bits per heavy atom. The number of amides is 1. The monoisotopic (exact) mass is 327 g/mol. The second-order valence-corrected chi connectivity index (χ2v) is 7.55. The predicted molar refractivity (Wildman–Crippen MR) is 92.6 cm³/mol. The average Bonchev–Trinajstić information content (AvgIpc) is 3.02. The van der Waals surface area contributed by atoms with Crippen molar-refractivity contribution in [2.24, 2.45) is 0 Å². The first-order chi connectivity index (χ1) is 11.2. The highest BCUT2D eigenvalue weighted by molar-refractivity contribution is 7.15. The Morgan fingerprint density at radius 1 is 1.22 bits per heavy atom. The van der Waals surface area contributed by atoms with Crippen LogP contribution in [0.1, 0.15) is 30.2 Å². The van der Waals surface area contributed by atoms with E-state index in [0.29, 0.717) is 0 Å². The molecule has 1 aromatic heterocycles. The summed E-state index contributed by atoms with van der Waals surface area (Å²) in [6, 6.07) is 12.9. The fourth-order valence-corrected chi connectivity index (χ4v) is 4.99. The number of likely N-dealkylation sites (tertiary alicyclic amines) is 1. The van der Waals surface area contributed by atoms with Crippen LogP contribution in [0.3, 0.4) is 0 Å². The van der Waals surface area contributed by atoms with Gasteiger partial charge in [0.2, 0.25) is 5.91 Å². The SMILES string of the molecule is CC(=O)N1CCC2(CC1)OCCc1sc(-c3ccccc3)cc12. The van der Waals surface area contributed by atoms with E-state index < -0.39 is 0 Å². The second kappa shape index (κ2) is 5.77. The van der Waals surface area contributed by atoms with Gasteiger partial charge >= 0.3 is 0 Å². The summed E-state index contributed by atoms with van der Waals surface area (Å²) in [6.45, 7) is 4.04. The summed E-state index contributed by atoms with van der Waals surface area (Å²) in [6.07, 6.45) is 2.82. The molecule has 3 heterocycles. The van der Waals surface area contributed by atoms with Crippen LogP contribution in [0.25, 0.3) is 10.4 Å². The molecule has 0 N–H and O–H groups in total. The number of fused-ring (bicyclic) bond motifs is 2. The number of piperidine rings is 1. The van der Waals surface area contributed by atoms with E-state index in [4.69, 9.17) is 4.74 Å². The fraction of sp³-hybridized carbons (Fsp3) is 0.421. The minimum Gasteiger partial charge on any atom is -0.370 e. The molecule has 2 aliphatic heterocycles. The summed E-state index contributed by atoms with van der Waals surface area (Å²) in [5, 5.41) is 0. The van der Waals surface area contributed by atoms with Gasteiger partial charge in [-0.2, -0.15) is 0 Å². The number of rotatable bonds is 1. The lowest BCUT2D eigenvalue weighted by Gasteiger charge is -2.43. The Balaban J connectivity index is 1.67. The van der Waals surface area contributed by atoms with Crippen molar-refractivity contribution >= 4 is 17.2 Å². The smallest absolute Gasteiger partial charge is 0.219 e. The molecule has 0 bridgehead atoms. The Labute approximate surface area is 140 Å². The highest BCUT2D eigenvalue weighted by Gasteiger charge is 2.42. The first-order valence-corrected chi connectivity index (χ1v) is 9.08. The Kier molecular flexibility index (Phi) is 3.74. The Hall–Kier alpha value is -1.65. The van der Waals surface area contributed by atoms with Crippen LogP contribution in [0.5, 0.6) is 0 Å². The highest BCUT2D eigenvalue weighted by atomic mass is 32.1. The van der Waals surface area contributed by atoms with Crippen molar-refractivity contribution in [1.82, 2.24) is 4.90 Å². The van der Waals surface area contributed by atoms with E-state index in [1.54, 1.807) is 6.92 Å². The van der Waals surface area contributed by atoms with E-state index in [-0.39, 0.29) is 11.5 Å². The van der Waals surface area contributed by atoms with E-state index >= 15 is 0 Å². The molecule has 1 aromatic carbocycles. The molecule has 4 heteroatoms. The zero-order valence-electron chi connectivity index (χ0n) is 13.4. The Bertz CT molecular complexity index is 714. The van der Waals surface area contributed by atoms with Gasteiger partial charge in [-0.05, 0) is 30.0 Å². The quantitative estimate of drug-likeness (QED) is 0.797. The first-order valence-electron chi connectivity index (χ1n) is 8.26. The van der Waals surface area contributed by atoms with Crippen LogP contribution in [0.2, 0.25) is 0 Å². The van der Waals surface area contributed by atoms with Crippen molar-refractivity contribution in [2.45, 2.75) is 31.8 Å². The van der Waals surface area contributed by atoms with E-state index in [0.717, 1.165) is 39.0 Å². The van der Waals surface area contributed by atoms with Crippen molar-refractivity contribution < 1.29 is 9.53 Å². The molecule has 1 amide bonds. The van der Waals surface area contributed by atoms with Gasteiger partial charge in [-0.3, -0.25) is 4.79 Å². The second-order valence-electron chi connectivity index (χ2n) is 6.41. The zero-order chi connectivity index (χ0) is 15.9. The number of hydrogen-bond donors (Lipinski definition) is 0. The molecule has 0 radical (unpaired) electrons. The van der Waals surface area contributed by atoms with Crippen LogP contribution < -0.4 is 0 Å². The Morgan fingerprint density at radius 2 is 1.96 bits per heavy atom. The van der Waals surface area contributed by atoms with E-state index in [1.807, 2.05) is 16.2 Å². The highest BCUT2D eigenvalue weighted by Crippen LogP contribution is 2.46. The minimum absolute atomic E-state index is 0.172. The maximum atomic E-state index is 11.6. The van der Waals surface area contributed by atoms with Gasteiger partial charge in [0.05, 0.1) is 12.2 Å². The number of carbonyl (C=O) groups excluding carboxylic acids is 1. The molecule has 23 heavy (non-hydrogen) atoms. The summed E-state index contributed by atoms with van der Waals surface area (Å²) in [5.74, 6) is 0.172. The lowest BCUT2D eigenvalue weighted by molar-refractivity contribution is -0.138. The molecule has 1 saturated heterocycles. The molecule has 120 valence electrons. The molecule has 2 aromatic rings. The molecule has 3 nitrogen and oxygen atoms in total. The lowest BCUT2D eigenvalue weighted by Crippen LogP contribution is -2.47. The standard InChI is InChI=1S/C19H21NO2S/c1-14(21)20-10-8-19(9-11-20)16-13-18(15-5-3-2-4-6-15)23-17(16)7-12-22-19/h2-6,13H,7-12H2,1H3. The number of ether oxygens (including phenoxy) is 1. The van der Waals surface area contributed by atoms with Crippen molar-refractivity contribution in [1.29, 1.82) is 0 Å². The van der Waals surface area contributed by atoms with Gasteiger partial charge in [0, 0.05) is 36.2 Å². The maximum absolute atomic E-state index is 11.6. The van der Waals surface area contributed by atoms with Gasteiger partial charge in [-0.25, -0.2) is 0 Å². The fourth-order valence-electron chi connectivity index (χ4n) is 3.76. The number of carbonyl (C=O) groups is 1. The van der Waals surface area contributed by atoms with Gasteiger partial charge < -0.3 is 9.64 Å². The molecule has 0 saturated carbocycles. The van der Waals surface area contributed by atoms with Gasteiger partial charge in [-0.1, -0.05) is 30.3 Å². The first kappa shape index (κ1) is 14.9. The number of thiophene rings is 1. The molecule has 1 fully saturated rings. The summed E-state index contributed by atoms with van der Waals surface area (Å²) in [4.78, 5) is 16.3. The average molecular weight is 327 g/mol. The van der Waals surface area contributed by atoms with Gasteiger partial charge in [-0.15, -0.1) is 11.3 Å². The third-order valence-corrected chi connectivity index (χ3v) is 6.33. The predicted octanol–water partition coefficient (Wildman–Crippen LogP) is 3.83. The zero-order valence-corrected chi connectivity index (χ0v) is 14.2. The minimum atomic E-state index is -0.178. The summed E-state index contributed by atoms with van der Waals surface area (Å²) in [7, 11) is 0. The van der Waals surface area contributed by atoms with E-state index in [9.17, 15) is 4.79 Å².